The Bertz CT molecular complexity index is 776. The van der Waals surface area contributed by atoms with Crippen LogP contribution >= 0.6 is 0 Å². The van der Waals surface area contributed by atoms with Crippen molar-refractivity contribution in [2.75, 3.05) is 19.4 Å². The molecule has 0 spiro atoms. The lowest BCUT2D eigenvalue weighted by molar-refractivity contribution is -0.116. The molecule has 0 saturated heterocycles. The summed E-state index contributed by atoms with van der Waals surface area (Å²) >= 11 is 0. The maximum atomic E-state index is 13.1. The van der Waals surface area contributed by atoms with E-state index in [0.717, 1.165) is 24.2 Å². The second-order valence-electron chi connectivity index (χ2n) is 6.04. The molecule has 0 atom stereocenters. The largest absolute Gasteiger partial charge is 0.326 e. The predicted octanol–water partition coefficient (Wildman–Crippen LogP) is 3.63. The van der Waals surface area contributed by atoms with E-state index in [-0.39, 0.29) is 24.3 Å². The van der Waals surface area contributed by atoms with Crippen molar-refractivity contribution in [3.05, 3.63) is 65.2 Å². The van der Waals surface area contributed by atoms with E-state index in [9.17, 15) is 18.4 Å². The number of hydrogen-bond donors (Lipinski definition) is 1. The molecule has 25 heavy (non-hydrogen) atoms. The highest BCUT2D eigenvalue weighted by atomic mass is 19.2. The summed E-state index contributed by atoms with van der Waals surface area (Å²) < 4.78 is 26.0. The Morgan fingerprint density at radius 1 is 1.00 bits per heavy atom. The van der Waals surface area contributed by atoms with E-state index in [4.69, 9.17) is 0 Å². The molecule has 4 nitrogen and oxygen atoms in total. The van der Waals surface area contributed by atoms with Crippen molar-refractivity contribution < 1.29 is 18.4 Å². The number of nitrogens with zero attached hydrogens (tertiary/aromatic N) is 1. The molecule has 0 aromatic heterocycles. The van der Waals surface area contributed by atoms with Gasteiger partial charge in [-0.1, -0.05) is 12.1 Å². The quantitative estimate of drug-likeness (QED) is 0.779. The van der Waals surface area contributed by atoms with Gasteiger partial charge in [-0.05, 0) is 50.0 Å². The third kappa shape index (κ3) is 5.76. The number of carbonyl (C=O) groups is 2. The van der Waals surface area contributed by atoms with Gasteiger partial charge in [0.1, 0.15) is 0 Å². The van der Waals surface area contributed by atoms with Gasteiger partial charge in [-0.15, -0.1) is 0 Å². The number of halogens is 2. The maximum absolute atomic E-state index is 13.1. The summed E-state index contributed by atoms with van der Waals surface area (Å²) in [5.41, 5.74) is 1.77. The number of benzene rings is 2. The zero-order valence-corrected chi connectivity index (χ0v) is 14.2. The van der Waals surface area contributed by atoms with Gasteiger partial charge >= 0.3 is 0 Å². The molecule has 2 aromatic rings. The van der Waals surface area contributed by atoms with Gasteiger partial charge in [0.05, 0.1) is 0 Å². The molecule has 0 unspecified atom stereocenters. The fourth-order valence-corrected chi connectivity index (χ4v) is 2.38. The molecule has 2 aromatic carbocycles. The van der Waals surface area contributed by atoms with Crippen molar-refractivity contribution in [2.24, 2.45) is 0 Å². The molecule has 0 aliphatic carbocycles. The molecule has 1 N–H and O–H groups in total. The van der Waals surface area contributed by atoms with Gasteiger partial charge in [0, 0.05) is 30.6 Å². The number of amides is 1. The Morgan fingerprint density at radius 2 is 1.76 bits per heavy atom. The number of rotatable bonds is 7. The van der Waals surface area contributed by atoms with Crippen molar-refractivity contribution in [3.63, 3.8) is 0 Å². The summed E-state index contributed by atoms with van der Waals surface area (Å²) in [5.74, 6) is -2.80. The van der Waals surface area contributed by atoms with Crippen LogP contribution in [0.2, 0.25) is 0 Å². The van der Waals surface area contributed by atoms with Crippen molar-refractivity contribution in [1.29, 1.82) is 0 Å². The highest BCUT2D eigenvalue weighted by Crippen LogP contribution is 2.14. The normalized spacial score (nSPS) is 10.8. The van der Waals surface area contributed by atoms with Crippen LogP contribution < -0.4 is 5.32 Å². The van der Waals surface area contributed by atoms with E-state index in [2.05, 4.69) is 5.32 Å². The van der Waals surface area contributed by atoms with Gasteiger partial charge in [0.15, 0.2) is 17.4 Å². The summed E-state index contributed by atoms with van der Waals surface area (Å²) in [5, 5.41) is 2.74. The highest BCUT2D eigenvalue weighted by Gasteiger charge is 2.12. The van der Waals surface area contributed by atoms with Gasteiger partial charge < -0.3 is 10.2 Å². The number of nitrogens with one attached hydrogen (secondary N) is 1. The number of ketones is 1. The lowest BCUT2D eigenvalue weighted by Gasteiger charge is -2.11. The Morgan fingerprint density at radius 3 is 2.44 bits per heavy atom. The standard InChI is InChI=1S/C19H20F2N2O2/c1-23(2)12-13-4-3-5-15(10-13)22-19(25)9-8-18(24)14-6-7-16(20)17(21)11-14/h3-7,10-11H,8-9,12H2,1-2H3,(H,22,25). The second-order valence-corrected chi connectivity index (χ2v) is 6.04. The van der Waals surface area contributed by atoms with Gasteiger partial charge in [0.2, 0.25) is 5.91 Å². The van der Waals surface area contributed by atoms with Crippen LogP contribution in [0.3, 0.4) is 0 Å². The molecule has 0 aliphatic heterocycles. The minimum absolute atomic E-state index is 0.0320. The van der Waals surface area contributed by atoms with Crippen molar-refractivity contribution in [1.82, 2.24) is 4.90 Å². The summed E-state index contributed by atoms with van der Waals surface area (Å²) in [7, 11) is 3.91. The molecule has 0 fully saturated rings. The maximum Gasteiger partial charge on any atom is 0.224 e. The van der Waals surface area contributed by atoms with Crippen molar-refractivity contribution >= 4 is 17.4 Å². The Kier molecular flexibility index (Phi) is 6.36. The van der Waals surface area contributed by atoms with E-state index in [1.54, 1.807) is 6.07 Å². The molecule has 0 heterocycles. The van der Waals surface area contributed by atoms with Crippen molar-refractivity contribution in [3.8, 4) is 0 Å². The van der Waals surface area contributed by atoms with E-state index in [1.165, 1.54) is 6.07 Å². The third-order valence-corrected chi connectivity index (χ3v) is 3.53. The molecule has 0 radical (unpaired) electrons. The van der Waals surface area contributed by atoms with E-state index in [0.29, 0.717) is 5.69 Å². The smallest absolute Gasteiger partial charge is 0.224 e. The Labute approximate surface area is 145 Å². The topological polar surface area (TPSA) is 49.4 Å². The molecule has 0 aliphatic rings. The summed E-state index contributed by atoms with van der Waals surface area (Å²) in [4.78, 5) is 26.0. The monoisotopic (exact) mass is 346 g/mol. The van der Waals surface area contributed by atoms with Crippen LogP contribution in [0.4, 0.5) is 14.5 Å². The van der Waals surface area contributed by atoms with E-state index < -0.39 is 17.4 Å². The van der Waals surface area contributed by atoms with Crippen LogP contribution in [0.5, 0.6) is 0 Å². The SMILES string of the molecule is CN(C)Cc1cccc(NC(=O)CCC(=O)c2ccc(F)c(F)c2)c1. The molecule has 2 rings (SSSR count). The van der Waals surface area contributed by atoms with Crippen LogP contribution in [0.1, 0.15) is 28.8 Å². The first kappa shape index (κ1) is 18.7. The summed E-state index contributed by atoms with van der Waals surface area (Å²) in [6, 6.07) is 10.4. The minimum atomic E-state index is -1.08. The molecule has 0 bridgehead atoms. The molecular weight excluding hydrogens is 326 g/mol. The Balaban J connectivity index is 1.90. The van der Waals surface area contributed by atoms with Crippen LogP contribution in [-0.4, -0.2) is 30.7 Å². The number of anilines is 1. The molecule has 0 saturated carbocycles. The number of hydrogen-bond acceptors (Lipinski definition) is 3. The molecule has 6 heteroatoms. The number of carbonyl (C=O) groups excluding carboxylic acids is 2. The predicted molar refractivity (Wildman–Crippen MR) is 92.4 cm³/mol. The Hall–Kier alpha value is -2.60. The van der Waals surface area contributed by atoms with Crippen LogP contribution in [0.25, 0.3) is 0 Å². The van der Waals surface area contributed by atoms with Crippen LogP contribution in [-0.2, 0) is 11.3 Å². The zero-order chi connectivity index (χ0) is 18.4. The zero-order valence-electron chi connectivity index (χ0n) is 14.2. The molecule has 1 amide bonds. The van der Waals surface area contributed by atoms with Crippen molar-refractivity contribution in [2.45, 2.75) is 19.4 Å². The van der Waals surface area contributed by atoms with Crippen LogP contribution in [0.15, 0.2) is 42.5 Å². The summed E-state index contributed by atoms with van der Waals surface area (Å²) in [6.07, 6.45) is -0.107. The first-order valence-electron chi connectivity index (χ1n) is 7.87. The fraction of sp³-hybridized carbons (Fsp3) is 0.263. The lowest BCUT2D eigenvalue weighted by Crippen LogP contribution is -2.14. The second kappa shape index (κ2) is 8.48. The first-order valence-corrected chi connectivity index (χ1v) is 7.87. The van der Waals surface area contributed by atoms with E-state index >= 15 is 0 Å². The van der Waals surface area contributed by atoms with Crippen LogP contribution in [0, 0.1) is 11.6 Å². The van der Waals surface area contributed by atoms with Gasteiger partial charge in [-0.3, -0.25) is 9.59 Å². The average molecular weight is 346 g/mol. The van der Waals surface area contributed by atoms with Gasteiger partial charge in [-0.25, -0.2) is 8.78 Å². The molecule has 132 valence electrons. The van der Waals surface area contributed by atoms with Gasteiger partial charge in [-0.2, -0.15) is 0 Å². The highest BCUT2D eigenvalue weighted by molar-refractivity contribution is 6.00. The minimum Gasteiger partial charge on any atom is -0.326 e. The third-order valence-electron chi connectivity index (χ3n) is 3.53. The first-order chi connectivity index (χ1) is 11.8. The average Bonchev–Trinajstić information content (AvgIpc) is 2.55. The fourth-order valence-electron chi connectivity index (χ4n) is 2.38. The summed E-state index contributed by atoms with van der Waals surface area (Å²) in [6.45, 7) is 0.748. The lowest BCUT2D eigenvalue weighted by atomic mass is 10.1. The number of Topliss-reactive ketones (excluding diaryl/α,β-unsaturated/α-hetero) is 1. The van der Waals surface area contributed by atoms with Gasteiger partial charge in [0.25, 0.3) is 0 Å². The molecular formula is C19H20F2N2O2. The van der Waals surface area contributed by atoms with E-state index in [1.807, 2.05) is 37.2 Å².